The predicted octanol–water partition coefficient (Wildman–Crippen LogP) is 0.808. The van der Waals surface area contributed by atoms with Crippen LogP contribution in [0.1, 0.15) is 31.2 Å². The molecule has 7 heteroatoms. The van der Waals surface area contributed by atoms with Gasteiger partial charge >= 0.3 is 0 Å². The second kappa shape index (κ2) is 11.4. The third kappa shape index (κ3) is 7.26. The van der Waals surface area contributed by atoms with Gasteiger partial charge in [-0.1, -0.05) is 30.3 Å². The van der Waals surface area contributed by atoms with E-state index in [1.54, 1.807) is 6.08 Å². The summed E-state index contributed by atoms with van der Waals surface area (Å²) in [6.45, 7) is 0.625. The van der Waals surface area contributed by atoms with Crippen LogP contribution in [0.15, 0.2) is 36.4 Å². The van der Waals surface area contributed by atoms with Crippen molar-refractivity contribution in [1.29, 1.82) is 0 Å². The lowest BCUT2D eigenvalue weighted by Gasteiger charge is -2.25. The van der Waals surface area contributed by atoms with E-state index in [0.717, 1.165) is 12.0 Å². The molecule has 0 radical (unpaired) electrons. The summed E-state index contributed by atoms with van der Waals surface area (Å²) < 4.78 is 0. The predicted molar refractivity (Wildman–Crippen MR) is 109 cm³/mol. The summed E-state index contributed by atoms with van der Waals surface area (Å²) in [5.74, 6) is 0.885. The molecule has 0 aliphatic carbocycles. The van der Waals surface area contributed by atoms with Gasteiger partial charge in [-0.05, 0) is 30.9 Å². The van der Waals surface area contributed by atoms with Crippen LogP contribution in [0.2, 0.25) is 0 Å². The lowest BCUT2D eigenvalue weighted by Crippen LogP contribution is -2.50. The summed E-state index contributed by atoms with van der Waals surface area (Å²) >= 11 is 0. The van der Waals surface area contributed by atoms with Gasteiger partial charge in [-0.25, -0.2) is 0 Å². The Balaban J connectivity index is 1.93. The van der Waals surface area contributed by atoms with Crippen molar-refractivity contribution in [2.24, 2.45) is 5.92 Å². The highest BCUT2D eigenvalue weighted by Gasteiger charge is 2.28. The summed E-state index contributed by atoms with van der Waals surface area (Å²) in [4.78, 5) is 48.0. The van der Waals surface area contributed by atoms with Gasteiger partial charge in [-0.15, -0.1) is 12.3 Å². The van der Waals surface area contributed by atoms with E-state index >= 15 is 0 Å². The van der Waals surface area contributed by atoms with E-state index in [1.807, 2.05) is 30.3 Å². The summed E-state index contributed by atoms with van der Waals surface area (Å²) in [7, 11) is 0. The van der Waals surface area contributed by atoms with Gasteiger partial charge in [0.05, 0.1) is 6.04 Å². The molecule has 1 heterocycles. The molecule has 3 amide bonds. The SMILES string of the molecule is C#CC[C@H](NC(=O)/C=C/c1ccccc1)C(=O)N[C@H](C=O)C[C@@H]1CCCNC1=O. The molecule has 1 aliphatic rings. The first-order valence-electron chi connectivity index (χ1n) is 9.54. The van der Waals surface area contributed by atoms with Crippen molar-refractivity contribution < 1.29 is 19.2 Å². The van der Waals surface area contributed by atoms with Crippen LogP contribution in [0.5, 0.6) is 0 Å². The molecule has 1 fully saturated rings. The van der Waals surface area contributed by atoms with E-state index in [2.05, 4.69) is 21.9 Å². The molecule has 1 aromatic rings. The molecule has 2 rings (SSSR count). The topological polar surface area (TPSA) is 104 Å². The Labute approximate surface area is 170 Å². The van der Waals surface area contributed by atoms with Crippen LogP contribution in [-0.4, -0.2) is 42.6 Å². The highest BCUT2D eigenvalue weighted by atomic mass is 16.2. The maximum atomic E-state index is 12.5. The summed E-state index contributed by atoms with van der Waals surface area (Å²) in [5, 5.41) is 7.88. The van der Waals surface area contributed by atoms with Gasteiger partial charge in [0.25, 0.3) is 0 Å². The van der Waals surface area contributed by atoms with Crippen molar-refractivity contribution >= 4 is 30.1 Å². The number of hydrogen-bond acceptors (Lipinski definition) is 4. The fourth-order valence-corrected chi connectivity index (χ4v) is 3.08. The van der Waals surface area contributed by atoms with Crippen LogP contribution >= 0.6 is 0 Å². The summed E-state index contributed by atoms with van der Waals surface area (Å²) in [6, 6.07) is 7.43. The second-order valence-corrected chi connectivity index (χ2v) is 6.83. The minimum absolute atomic E-state index is 0.0216. The maximum Gasteiger partial charge on any atom is 0.244 e. The first-order valence-corrected chi connectivity index (χ1v) is 9.54. The summed E-state index contributed by atoms with van der Waals surface area (Å²) in [5.41, 5.74) is 0.840. The smallest absolute Gasteiger partial charge is 0.244 e. The zero-order valence-corrected chi connectivity index (χ0v) is 16.1. The normalized spacial score (nSPS) is 18.2. The molecular weight excluding hydrogens is 370 g/mol. The largest absolute Gasteiger partial charge is 0.356 e. The third-order valence-corrected chi connectivity index (χ3v) is 4.61. The molecule has 152 valence electrons. The lowest BCUT2D eigenvalue weighted by molar-refractivity contribution is -0.130. The van der Waals surface area contributed by atoms with Crippen molar-refractivity contribution in [1.82, 2.24) is 16.0 Å². The van der Waals surface area contributed by atoms with Crippen molar-refractivity contribution in [3.8, 4) is 12.3 Å². The fourth-order valence-electron chi connectivity index (χ4n) is 3.08. The number of rotatable bonds is 9. The number of carbonyl (C=O) groups is 4. The second-order valence-electron chi connectivity index (χ2n) is 6.83. The van der Waals surface area contributed by atoms with E-state index < -0.39 is 23.9 Å². The van der Waals surface area contributed by atoms with Crippen molar-refractivity contribution in [3.63, 3.8) is 0 Å². The van der Waals surface area contributed by atoms with Gasteiger partial charge in [0.1, 0.15) is 12.3 Å². The molecule has 1 saturated heterocycles. The van der Waals surface area contributed by atoms with Gasteiger partial charge in [0.2, 0.25) is 17.7 Å². The van der Waals surface area contributed by atoms with Crippen LogP contribution in [0, 0.1) is 18.3 Å². The van der Waals surface area contributed by atoms with E-state index in [0.29, 0.717) is 19.3 Å². The average molecular weight is 395 g/mol. The standard InChI is InChI=1S/C22H25N3O4/c1-2-7-19(25-20(27)12-11-16-8-4-3-5-9-16)22(29)24-18(15-26)14-17-10-6-13-23-21(17)28/h1,3-5,8-9,11-12,15,17-19H,6-7,10,13-14H2,(H,23,28)(H,24,29)(H,25,27)/b12-11+/t17-,18-,19-/m0/s1. The molecule has 3 atom stereocenters. The van der Waals surface area contributed by atoms with Gasteiger partial charge in [0, 0.05) is 25.0 Å². The molecule has 29 heavy (non-hydrogen) atoms. The highest BCUT2D eigenvalue weighted by molar-refractivity contribution is 5.96. The van der Waals surface area contributed by atoms with Crippen LogP contribution in [0.25, 0.3) is 6.08 Å². The molecule has 7 nitrogen and oxygen atoms in total. The molecule has 0 saturated carbocycles. The molecular formula is C22H25N3O4. The highest BCUT2D eigenvalue weighted by Crippen LogP contribution is 2.17. The quantitative estimate of drug-likeness (QED) is 0.327. The number of amides is 3. The maximum absolute atomic E-state index is 12.5. The van der Waals surface area contributed by atoms with Crippen molar-refractivity contribution in [2.45, 2.75) is 37.8 Å². The zero-order chi connectivity index (χ0) is 21.1. The van der Waals surface area contributed by atoms with Gasteiger partial charge in [-0.3, -0.25) is 14.4 Å². The molecule has 0 bridgehead atoms. The van der Waals surface area contributed by atoms with Crippen molar-refractivity contribution in [3.05, 3.63) is 42.0 Å². The van der Waals surface area contributed by atoms with Crippen LogP contribution in [-0.2, 0) is 19.2 Å². The molecule has 0 spiro atoms. The van der Waals surface area contributed by atoms with Crippen molar-refractivity contribution in [2.75, 3.05) is 6.54 Å². The van der Waals surface area contributed by atoms with Gasteiger partial charge in [-0.2, -0.15) is 0 Å². The minimum Gasteiger partial charge on any atom is -0.356 e. The Morgan fingerprint density at radius 1 is 1.28 bits per heavy atom. The molecule has 0 unspecified atom stereocenters. The Hall–Kier alpha value is -3.40. The van der Waals surface area contributed by atoms with Gasteiger partial charge in [0.15, 0.2) is 0 Å². The van der Waals surface area contributed by atoms with E-state index in [4.69, 9.17) is 6.42 Å². The van der Waals surface area contributed by atoms with E-state index in [1.165, 1.54) is 6.08 Å². The lowest BCUT2D eigenvalue weighted by atomic mass is 9.92. The number of piperidine rings is 1. The first kappa shape index (κ1) is 21.9. The number of benzene rings is 1. The third-order valence-electron chi connectivity index (χ3n) is 4.61. The first-order chi connectivity index (χ1) is 14.0. The minimum atomic E-state index is -0.976. The average Bonchev–Trinajstić information content (AvgIpc) is 2.73. The number of carbonyl (C=O) groups excluding carboxylic acids is 4. The van der Waals surface area contributed by atoms with Crippen LogP contribution in [0.3, 0.4) is 0 Å². The molecule has 3 N–H and O–H groups in total. The number of hydrogen-bond donors (Lipinski definition) is 3. The van der Waals surface area contributed by atoms with E-state index in [-0.39, 0.29) is 24.7 Å². The van der Waals surface area contributed by atoms with Crippen LogP contribution in [0.4, 0.5) is 0 Å². The fraction of sp³-hybridized carbons (Fsp3) is 0.364. The van der Waals surface area contributed by atoms with E-state index in [9.17, 15) is 19.2 Å². The Kier molecular flexibility index (Phi) is 8.64. The Morgan fingerprint density at radius 3 is 2.69 bits per heavy atom. The van der Waals surface area contributed by atoms with Gasteiger partial charge < -0.3 is 20.7 Å². The molecule has 0 aromatic heterocycles. The Morgan fingerprint density at radius 2 is 2.03 bits per heavy atom. The monoisotopic (exact) mass is 395 g/mol. The molecule has 1 aromatic carbocycles. The Bertz CT molecular complexity index is 798. The van der Waals surface area contributed by atoms with Crippen LogP contribution < -0.4 is 16.0 Å². The summed E-state index contributed by atoms with van der Waals surface area (Å²) in [6.07, 6.45) is 10.5. The number of nitrogens with one attached hydrogen (secondary N) is 3. The number of aldehydes is 1. The zero-order valence-electron chi connectivity index (χ0n) is 16.1. The molecule has 1 aliphatic heterocycles. The number of terminal acetylenes is 1.